The highest BCUT2D eigenvalue weighted by Crippen LogP contribution is 2.25. The van der Waals surface area contributed by atoms with Crippen LogP contribution in [-0.4, -0.2) is 32.3 Å². The van der Waals surface area contributed by atoms with E-state index >= 15 is 0 Å². The highest BCUT2D eigenvalue weighted by molar-refractivity contribution is 7.92. The van der Waals surface area contributed by atoms with Crippen molar-refractivity contribution < 1.29 is 13.2 Å². The molecule has 1 saturated heterocycles. The topological polar surface area (TPSA) is 66.5 Å². The minimum absolute atomic E-state index is 0.116. The summed E-state index contributed by atoms with van der Waals surface area (Å²) in [4.78, 5) is 14.3. The summed E-state index contributed by atoms with van der Waals surface area (Å²) < 4.78 is 27.1. The Morgan fingerprint density at radius 1 is 1.04 bits per heavy atom. The van der Waals surface area contributed by atoms with Crippen molar-refractivity contribution in [1.82, 2.24) is 4.90 Å². The first-order valence-electron chi connectivity index (χ1n) is 7.64. The van der Waals surface area contributed by atoms with Crippen molar-refractivity contribution in [1.29, 1.82) is 0 Å². The van der Waals surface area contributed by atoms with Gasteiger partial charge in [0.25, 0.3) is 15.9 Å². The fourth-order valence-corrected chi connectivity index (χ4v) is 3.99. The minimum atomic E-state index is -3.68. The number of nitrogens with zero attached hydrogens (tertiary/aromatic N) is 1. The van der Waals surface area contributed by atoms with Gasteiger partial charge in [-0.1, -0.05) is 29.8 Å². The predicted octanol–water partition coefficient (Wildman–Crippen LogP) is 3.38. The van der Waals surface area contributed by atoms with E-state index in [0.29, 0.717) is 11.3 Å². The largest absolute Gasteiger partial charge is 0.339 e. The number of carbonyl (C=O) groups excluding carboxylic acids is 1. The van der Waals surface area contributed by atoms with Gasteiger partial charge in [-0.05, 0) is 43.2 Å². The fourth-order valence-electron chi connectivity index (χ4n) is 2.66. The van der Waals surface area contributed by atoms with E-state index in [1.54, 1.807) is 35.2 Å². The summed E-state index contributed by atoms with van der Waals surface area (Å²) >= 11 is 6.20. The molecule has 3 rings (SSSR count). The lowest BCUT2D eigenvalue weighted by atomic mass is 10.2. The Balaban J connectivity index is 1.81. The maximum atomic E-state index is 12.4. The van der Waals surface area contributed by atoms with Gasteiger partial charge in [-0.15, -0.1) is 0 Å². The summed E-state index contributed by atoms with van der Waals surface area (Å²) in [7, 11) is -3.68. The lowest BCUT2D eigenvalue weighted by Crippen LogP contribution is -2.27. The third kappa shape index (κ3) is 3.55. The second-order valence-corrected chi connectivity index (χ2v) is 7.70. The summed E-state index contributed by atoms with van der Waals surface area (Å²) in [5.74, 6) is -0.116. The van der Waals surface area contributed by atoms with Gasteiger partial charge >= 0.3 is 0 Å². The predicted molar refractivity (Wildman–Crippen MR) is 93.8 cm³/mol. The Kier molecular flexibility index (Phi) is 4.78. The molecule has 0 unspecified atom stereocenters. The number of hydrogen-bond donors (Lipinski definition) is 1. The summed E-state index contributed by atoms with van der Waals surface area (Å²) in [5, 5.41) is 0.236. The zero-order chi connectivity index (χ0) is 17.2. The molecule has 0 spiro atoms. The molecule has 7 heteroatoms. The number of nitrogens with one attached hydrogen (secondary N) is 1. The molecule has 0 bridgehead atoms. The van der Waals surface area contributed by atoms with Crippen LogP contribution >= 0.6 is 11.6 Å². The van der Waals surface area contributed by atoms with Crippen LogP contribution < -0.4 is 4.72 Å². The average molecular weight is 365 g/mol. The van der Waals surface area contributed by atoms with Crippen LogP contribution in [0.2, 0.25) is 5.02 Å². The maximum absolute atomic E-state index is 12.4. The standard InChI is InChI=1S/C17H17ClN2O3S/c18-16-12-13(19-24(22,23)14-6-2-1-3-7-14)8-9-15(16)17(21)20-10-4-5-11-20/h1-3,6-9,12,19H,4-5,10-11H2. The lowest BCUT2D eigenvalue weighted by molar-refractivity contribution is 0.0793. The molecule has 0 atom stereocenters. The molecule has 1 N–H and O–H groups in total. The third-order valence-electron chi connectivity index (χ3n) is 3.90. The van der Waals surface area contributed by atoms with E-state index in [4.69, 9.17) is 11.6 Å². The van der Waals surface area contributed by atoms with Crippen LogP contribution in [0.25, 0.3) is 0 Å². The van der Waals surface area contributed by atoms with E-state index in [1.807, 2.05) is 0 Å². The first-order valence-corrected chi connectivity index (χ1v) is 9.50. The first-order chi connectivity index (χ1) is 11.5. The normalized spacial score (nSPS) is 14.6. The number of amides is 1. The summed E-state index contributed by atoms with van der Waals surface area (Å²) in [6.45, 7) is 1.47. The molecular formula is C17H17ClN2O3S. The average Bonchev–Trinajstić information content (AvgIpc) is 3.09. The molecular weight excluding hydrogens is 348 g/mol. The highest BCUT2D eigenvalue weighted by atomic mass is 35.5. The zero-order valence-corrected chi connectivity index (χ0v) is 14.5. The highest BCUT2D eigenvalue weighted by Gasteiger charge is 2.22. The Labute approximate surface area is 146 Å². The molecule has 1 amide bonds. The second-order valence-electron chi connectivity index (χ2n) is 5.61. The van der Waals surface area contributed by atoms with Crippen LogP contribution in [0.5, 0.6) is 0 Å². The van der Waals surface area contributed by atoms with Crippen LogP contribution in [0.1, 0.15) is 23.2 Å². The minimum Gasteiger partial charge on any atom is -0.339 e. The van der Waals surface area contributed by atoms with E-state index in [0.717, 1.165) is 25.9 Å². The monoisotopic (exact) mass is 364 g/mol. The summed E-state index contributed by atoms with van der Waals surface area (Å²) in [6, 6.07) is 12.6. The molecule has 24 heavy (non-hydrogen) atoms. The Morgan fingerprint density at radius 2 is 1.71 bits per heavy atom. The van der Waals surface area contributed by atoms with Crippen LogP contribution in [0.3, 0.4) is 0 Å². The molecule has 1 aliphatic rings. The van der Waals surface area contributed by atoms with E-state index in [2.05, 4.69) is 4.72 Å². The Morgan fingerprint density at radius 3 is 2.33 bits per heavy atom. The van der Waals surface area contributed by atoms with Gasteiger partial charge in [0.2, 0.25) is 0 Å². The molecule has 0 saturated carbocycles. The maximum Gasteiger partial charge on any atom is 0.261 e. The van der Waals surface area contributed by atoms with Crippen molar-refractivity contribution in [2.24, 2.45) is 0 Å². The number of likely N-dealkylation sites (tertiary alicyclic amines) is 1. The summed E-state index contributed by atoms with van der Waals surface area (Å²) in [5.41, 5.74) is 0.711. The smallest absolute Gasteiger partial charge is 0.261 e. The van der Waals surface area contributed by atoms with Gasteiger partial charge in [-0.2, -0.15) is 0 Å². The quantitative estimate of drug-likeness (QED) is 0.904. The van der Waals surface area contributed by atoms with E-state index in [9.17, 15) is 13.2 Å². The number of carbonyl (C=O) groups is 1. The van der Waals surface area contributed by atoms with Crippen molar-refractivity contribution in [3.63, 3.8) is 0 Å². The van der Waals surface area contributed by atoms with Crippen molar-refractivity contribution in [2.75, 3.05) is 17.8 Å². The molecule has 5 nitrogen and oxygen atoms in total. The van der Waals surface area contributed by atoms with Crippen LogP contribution in [0, 0.1) is 0 Å². The number of benzene rings is 2. The van der Waals surface area contributed by atoms with Gasteiger partial charge < -0.3 is 4.90 Å². The van der Waals surface area contributed by atoms with E-state index in [1.165, 1.54) is 18.2 Å². The molecule has 1 fully saturated rings. The van der Waals surface area contributed by atoms with E-state index < -0.39 is 10.0 Å². The Hall–Kier alpha value is -2.05. The van der Waals surface area contributed by atoms with Gasteiger partial charge in [0.15, 0.2) is 0 Å². The van der Waals surface area contributed by atoms with Gasteiger partial charge in [0.1, 0.15) is 0 Å². The molecule has 126 valence electrons. The van der Waals surface area contributed by atoms with Gasteiger partial charge in [-0.3, -0.25) is 9.52 Å². The number of sulfonamides is 1. The van der Waals surface area contributed by atoms with Crippen molar-refractivity contribution in [2.45, 2.75) is 17.7 Å². The fraction of sp³-hybridized carbons (Fsp3) is 0.235. The third-order valence-corrected chi connectivity index (χ3v) is 5.61. The zero-order valence-electron chi connectivity index (χ0n) is 12.9. The number of hydrogen-bond acceptors (Lipinski definition) is 3. The van der Waals surface area contributed by atoms with Gasteiger partial charge in [-0.25, -0.2) is 8.42 Å². The number of rotatable bonds is 4. The van der Waals surface area contributed by atoms with Gasteiger partial charge in [0.05, 0.1) is 21.2 Å². The molecule has 0 aromatic heterocycles. The lowest BCUT2D eigenvalue weighted by Gasteiger charge is -2.16. The van der Waals surface area contributed by atoms with Crippen molar-refractivity contribution in [3.8, 4) is 0 Å². The van der Waals surface area contributed by atoms with Crippen molar-refractivity contribution in [3.05, 3.63) is 59.1 Å². The molecule has 2 aromatic rings. The van der Waals surface area contributed by atoms with Crippen LogP contribution in [0.4, 0.5) is 5.69 Å². The molecule has 0 aliphatic carbocycles. The molecule has 1 aliphatic heterocycles. The SMILES string of the molecule is O=C(c1ccc(NS(=O)(=O)c2ccccc2)cc1Cl)N1CCCC1. The molecule has 0 radical (unpaired) electrons. The van der Waals surface area contributed by atoms with Crippen molar-refractivity contribution >= 4 is 33.2 Å². The van der Waals surface area contributed by atoms with Crippen LogP contribution in [0.15, 0.2) is 53.4 Å². The second kappa shape index (κ2) is 6.83. The molecule has 1 heterocycles. The van der Waals surface area contributed by atoms with Crippen LogP contribution in [-0.2, 0) is 10.0 Å². The Bertz CT molecular complexity index is 847. The number of anilines is 1. The van der Waals surface area contributed by atoms with Gasteiger partial charge in [0, 0.05) is 13.1 Å². The first kappa shape index (κ1) is 16.8. The number of halogens is 1. The molecule has 2 aromatic carbocycles. The van der Waals surface area contributed by atoms with E-state index in [-0.39, 0.29) is 15.8 Å². The summed E-state index contributed by atoms with van der Waals surface area (Å²) in [6.07, 6.45) is 2.00.